The van der Waals surface area contributed by atoms with Crippen LogP contribution in [0.15, 0.2) is 9.84 Å². The van der Waals surface area contributed by atoms with Crippen LogP contribution >= 0.6 is 22.6 Å². The maximum Gasteiger partial charge on any atom is 0.251 e. The minimum absolute atomic E-state index is 0.291. The molecule has 0 aliphatic rings. The highest BCUT2D eigenvalue weighted by molar-refractivity contribution is 14.1. The molecule has 0 aliphatic carbocycles. The zero-order chi connectivity index (χ0) is 13.5. The topological polar surface area (TPSA) is 9.23 Å². The Kier molecular flexibility index (Phi) is 8.04. The normalized spacial score (nSPS) is 13.9. The number of unbranched alkanes of at least 4 members (excludes halogenated alkanes) is 4. The van der Waals surface area contributed by atoms with Gasteiger partial charge in [-0.25, -0.2) is 0 Å². The first kappa shape index (κ1) is 17.5. The van der Waals surface area contributed by atoms with Gasteiger partial charge in [0.15, 0.2) is 0 Å². The van der Waals surface area contributed by atoms with Crippen molar-refractivity contribution >= 4 is 30.9 Å². The first-order valence-electron chi connectivity index (χ1n) is 6.75. The Morgan fingerprint density at radius 1 is 1.18 bits per heavy atom. The van der Waals surface area contributed by atoms with Gasteiger partial charge in [0.25, 0.3) is 8.32 Å². The van der Waals surface area contributed by atoms with Crippen LogP contribution in [0, 0.1) is 0 Å². The molecular weight excluding hydrogens is 339 g/mol. The Bertz CT molecular complexity index is 241. The summed E-state index contributed by atoms with van der Waals surface area (Å²) in [5.74, 6) is 0. The molecule has 0 saturated heterocycles. The molecule has 1 nitrogen and oxygen atoms in total. The molecule has 0 atom stereocenters. The van der Waals surface area contributed by atoms with Crippen LogP contribution in [-0.2, 0) is 4.43 Å². The fourth-order valence-corrected chi connectivity index (χ4v) is 4.07. The molecule has 0 heterocycles. The van der Waals surface area contributed by atoms with Gasteiger partial charge in [-0.2, -0.15) is 0 Å². The molecule has 0 saturated carbocycles. The number of halogens is 1. The molecule has 102 valence electrons. The number of hydrogen-bond acceptors (Lipinski definition) is 1. The molecular formula is C14H29IOSi. The predicted molar refractivity (Wildman–Crippen MR) is 89.1 cm³/mol. The smallest absolute Gasteiger partial charge is 0.251 e. The van der Waals surface area contributed by atoms with Gasteiger partial charge < -0.3 is 4.43 Å². The van der Waals surface area contributed by atoms with E-state index in [0.29, 0.717) is 5.04 Å². The van der Waals surface area contributed by atoms with Gasteiger partial charge in [0.05, 0.1) is 0 Å². The second-order valence-corrected chi connectivity index (χ2v) is 12.0. The zero-order valence-electron chi connectivity index (χ0n) is 12.4. The number of rotatable bonds is 7. The minimum atomic E-state index is -1.62. The van der Waals surface area contributed by atoms with Crippen LogP contribution in [0.1, 0.15) is 59.8 Å². The molecule has 0 rings (SSSR count). The summed E-state index contributed by atoms with van der Waals surface area (Å²) >= 11 is 2.34. The SMILES string of the molecule is CCCCCCC=C(I)O[Si](C)(C)C(C)(C)C. The van der Waals surface area contributed by atoms with Crippen LogP contribution < -0.4 is 0 Å². The molecule has 0 radical (unpaired) electrons. The summed E-state index contributed by atoms with van der Waals surface area (Å²) in [6, 6.07) is 0. The van der Waals surface area contributed by atoms with Crippen LogP contribution in [0.5, 0.6) is 0 Å². The number of hydrogen-bond donors (Lipinski definition) is 0. The van der Waals surface area contributed by atoms with Crippen molar-refractivity contribution in [1.29, 1.82) is 0 Å². The van der Waals surface area contributed by atoms with Gasteiger partial charge in [0, 0.05) is 0 Å². The van der Waals surface area contributed by atoms with Crippen molar-refractivity contribution in [3.63, 3.8) is 0 Å². The second kappa shape index (κ2) is 7.82. The van der Waals surface area contributed by atoms with Crippen molar-refractivity contribution in [2.45, 2.75) is 77.9 Å². The van der Waals surface area contributed by atoms with Crippen molar-refractivity contribution in [1.82, 2.24) is 0 Å². The summed E-state index contributed by atoms with van der Waals surface area (Å²) in [6.07, 6.45) is 8.72. The molecule has 0 spiro atoms. The van der Waals surface area contributed by atoms with Gasteiger partial charge in [-0.05, 0) is 59.6 Å². The van der Waals surface area contributed by atoms with Gasteiger partial charge in [-0.1, -0.05) is 47.0 Å². The lowest BCUT2D eigenvalue weighted by Gasteiger charge is -2.36. The second-order valence-electron chi connectivity index (χ2n) is 6.22. The highest BCUT2D eigenvalue weighted by Crippen LogP contribution is 2.38. The standard InChI is InChI=1S/C14H29IOSi/c1-7-8-9-10-11-12-13(15)16-17(5,6)14(2,3)4/h12H,7-11H2,1-6H3. The monoisotopic (exact) mass is 368 g/mol. The van der Waals surface area contributed by atoms with Gasteiger partial charge in [0.1, 0.15) is 3.77 Å². The average molecular weight is 368 g/mol. The quantitative estimate of drug-likeness (QED) is 0.223. The van der Waals surface area contributed by atoms with Crippen molar-refractivity contribution in [3.8, 4) is 0 Å². The van der Waals surface area contributed by atoms with E-state index in [4.69, 9.17) is 4.43 Å². The van der Waals surface area contributed by atoms with Crippen molar-refractivity contribution < 1.29 is 4.43 Å². The predicted octanol–water partition coefficient (Wildman–Crippen LogP) is 6.26. The first-order valence-corrected chi connectivity index (χ1v) is 10.7. The summed E-state index contributed by atoms with van der Waals surface area (Å²) in [5, 5.41) is 0.291. The first-order chi connectivity index (χ1) is 7.70. The lowest BCUT2D eigenvalue weighted by Crippen LogP contribution is -2.39. The van der Waals surface area contributed by atoms with Gasteiger partial charge in [-0.3, -0.25) is 0 Å². The van der Waals surface area contributed by atoms with E-state index < -0.39 is 8.32 Å². The molecule has 0 fully saturated rings. The van der Waals surface area contributed by atoms with Crippen molar-refractivity contribution in [2.75, 3.05) is 0 Å². The van der Waals surface area contributed by atoms with Gasteiger partial charge in [0.2, 0.25) is 0 Å². The third-order valence-electron chi connectivity index (χ3n) is 3.52. The van der Waals surface area contributed by atoms with Crippen LogP contribution in [0.4, 0.5) is 0 Å². The van der Waals surface area contributed by atoms with Gasteiger partial charge >= 0.3 is 0 Å². The largest absolute Gasteiger partial charge is 0.540 e. The molecule has 17 heavy (non-hydrogen) atoms. The molecule has 0 aromatic rings. The third-order valence-corrected chi connectivity index (χ3v) is 8.94. The Morgan fingerprint density at radius 3 is 2.24 bits per heavy atom. The molecule has 0 unspecified atom stereocenters. The van der Waals surface area contributed by atoms with E-state index in [2.05, 4.69) is 69.5 Å². The molecule has 0 amide bonds. The fraction of sp³-hybridized carbons (Fsp3) is 0.857. The summed E-state index contributed by atoms with van der Waals surface area (Å²) in [5.41, 5.74) is 0. The summed E-state index contributed by atoms with van der Waals surface area (Å²) in [4.78, 5) is 0. The van der Waals surface area contributed by atoms with E-state index in [9.17, 15) is 0 Å². The van der Waals surface area contributed by atoms with E-state index in [1.807, 2.05) is 0 Å². The Labute approximate surface area is 123 Å². The number of allylic oxidation sites excluding steroid dienone is 1. The Hall–Kier alpha value is 0.487. The third kappa shape index (κ3) is 7.49. The highest BCUT2D eigenvalue weighted by Gasteiger charge is 2.39. The van der Waals surface area contributed by atoms with E-state index in [1.54, 1.807) is 0 Å². The maximum absolute atomic E-state index is 6.20. The highest BCUT2D eigenvalue weighted by atomic mass is 127. The lowest BCUT2D eigenvalue weighted by atomic mass is 10.2. The zero-order valence-corrected chi connectivity index (χ0v) is 15.6. The average Bonchev–Trinajstić information content (AvgIpc) is 2.14. The van der Waals surface area contributed by atoms with Crippen LogP contribution in [0.25, 0.3) is 0 Å². The summed E-state index contributed by atoms with van der Waals surface area (Å²) in [7, 11) is -1.62. The molecule has 0 aromatic carbocycles. The van der Waals surface area contributed by atoms with Crippen LogP contribution in [0.2, 0.25) is 18.1 Å². The summed E-state index contributed by atoms with van der Waals surface area (Å²) < 4.78 is 7.30. The molecule has 0 aliphatic heterocycles. The maximum atomic E-state index is 6.20. The lowest BCUT2D eigenvalue weighted by molar-refractivity contribution is 0.422. The summed E-state index contributed by atoms with van der Waals surface area (Å²) in [6.45, 7) is 13.7. The molecule has 0 N–H and O–H groups in total. The molecule has 0 aromatic heterocycles. The Morgan fingerprint density at radius 2 is 1.76 bits per heavy atom. The van der Waals surface area contributed by atoms with Crippen molar-refractivity contribution in [2.24, 2.45) is 0 Å². The minimum Gasteiger partial charge on any atom is -0.540 e. The van der Waals surface area contributed by atoms with Crippen molar-refractivity contribution in [3.05, 3.63) is 9.84 Å². The molecule has 0 bridgehead atoms. The molecule has 3 heteroatoms. The van der Waals surface area contributed by atoms with Crippen LogP contribution in [0.3, 0.4) is 0 Å². The van der Waals surface area contributed by atoms with Gasteiger partial charge in [-0.15, -0.1) is 0 Å². The fourth-order valence-electron chi connectivity index (χ4n) is 1.23. The van der Waals surface area contributed by atoms with E-state index in [1.165, 1.54) is 25.7 Å². The van der Waals surface area contributed by atoms with E-state index in [-0.39, 0.29) is 0 Å². The Balaban J connectivity index is 4.07. The van der Waals surface area contributed by atoms with Crippen LogP contribution in [-0.4, -0.2) is 8.32 Å². The van der Waals surface area contributed by atoms with E-state index in [0.717, 1.165) is 10.2 Å². The van der Waals surface area contributed by atoms with E-state index >= 15 is 0 Å².